The van der Waals surface area contributed by atoms with Crippen molar-refractivity contribution >= 4 is 0 Å². The summed E-state index contributed by atoms with van der Waals surface area (Å²) in [5, 5.41) is 0. The fourth-order valence-electron chi connectivity index (χ4n) is 2.86. The Labute approximate surface area is 88.3 Å². The first-order chi connectivity index (χ1) is 6.55. The summed E-state index contributed by atoms with van der Waals surface area (Å²) in [5.41, 5.74) is 0.580. The standard InChI is InChI=1S/C12H24N2/c1-10(2)13-7-8-14(11(3)4)12(9-13)5-6-12/h10-11H,5-9H2,1-4H3. The molecular weight excluding hydrogens is 172 g/mol. The lowest BCUT2D eigenvalue weighted by Crippen LogP contribution is -2.58. The van der Waals surface area contributed by atoms with Gasteiger partial charge in [-0.1, -0.05) is 0 Å². The molecule has 1 heterocycles. The highest BCUT2D eigenvalue weighted by atomic mass is 15.4. The Balaban J connectivity index is 2.02. The van der Waals surface area contributed by atoms with Crippen molar-refractivity contribution in [3.05, 3.63) is 0 Å². The number of rotatable bonds is 2. The zero-order valence-electron chi connectivity index (χ0n) is 10.1. The molecule has 0 aromatic heterocycles. The first-order valence-electron chi connectivity index (χ1n) is 6.06. The molecule has 0 amide bonds. The Kier molecular flexibility index (Phi) is 2.61. The van der Waals surface area contributed by atoms with Crippen molar-refractivity contribution in [3.8, 4) is 0 Å². The summed E-state index contributed by atoms with van der Waals surface area (Å²) < 4.78 is 0. The second-order valence-corrected chi connectivity index (χ2v) is 5.58. The van der Waals surface area contributed by atoms with Crippen LogP contribution in [0.4, 0.5) is 0 Å². The van der Waals surface area contributed by atoms with Gasteiger partial charge in [0, 0.05) is 37.3 Å². The molecular formula is C12H24N2. The van der Waals surface area contributed by atoms with Crippen LogP contribution in [-0.4, -0.2) is 47.1 Å². The third-order valence-corrected chi connectivity index (χ3v) is 3.92. The minimum absolute atomic E-state index is 0.580. The van der Waals surface area contributed by atoms with Crippen LogP contribution < -0.4 is 0 Å². The predicted octanol–water partition coefficient (Wildman–Crippen LogP) is 1.95. The molecule has 1 aliphatic carbocycles. The molecule has 2 aliphatic rings. The van der Waals surface area contributed by atoms with E-state index in [1.165, 1.54) is 32.5 Å². The largest absolute Gasteiger partial charge is 0.298 e. The molecule has 1 spiro atoms. The molecule has 0 radical (unpaired) electrons. The topological polar surface area (TPSA) is 6.48 Å². The highest BCUT2D eigenvalue weighted by Crippen LogP contribution is 2.45. The molecule has 2 rings (SSSR count). The van der Waals surface area contributed by atoms with Gasteiger partial charge in [-0.2, -0.15) is 0 Å². The van der Waals surface area contributed by atoms with Crippen LogP contribution in [0.15, 0.2) is 0 Å². The zero-order valence-corrected chi connectivity index (χ0v) is 10.1. The van der Waals surface area contributed by atoms with Crippen molar-refractivity contribution in [2.45, 2.75) is 58.2 Å². The van der Waals surface area contributed by atoms with Gasteiger partial charge in [-0.15, -0.1) is 0 Å². The fraction of sp³-hybridized carbons (Fsp3) is 1.00. The van der Waals surface area contributed by atoms with Crippen molar-refractivity contribution in [2.24, 2.45) is 0 Å². The summed E-state index contributed by atoms with van der Waals surface area (Å²) in [5.74, 6) is 0. The van der Waals surface area contributed by atoms with Gasteiger partial charge in [0.2, 0.25) is 0 Å². The van der Waals surface area contributed by atoms with E-state index >= 15 is 0 Å². The maximum Gasteiger partial charge on any atom is 0.0341 e. The molecule has 2 fully saturated rings. The van der Waals surface area contributed by atoms with Crippen molar-refractivity contribution < 1.29 is 0 Å². The molecule has 82 valence electrons. The van der Waals surface area contributed by atoms with E-state index in [1.807, 2.05) is 0 Å². The molecule has 0 atom stereocenters. The summed E-state index contributed by atoms with van der Waals surface area (Å²) in [4.78, 5) is 5.37. The minimum atomic E-state index is 0.580. The molecule has 2 nitrogen and oxygen atoms in total. The zero-order chi connectivity index (χ0) is 10.3. The normalized spacial score (nSPS) is 27.9. The average molecular weight is 196 g/mol. The van der Waals surface area contributed by atoms with Crippen molar-refractivity contribution in [1.29, 1.82) is 0 Å². The second-order valence-electron chi connectivity index (χ2n) is 5.58. The average Bonchev–Trinajstić information content (AvgIpc) is 2.84. The predicted molar refractivity (Wildman–Crippen MR) is 60.5 cm³/mol. The van der Waals surface area contributed by atoms with Gasteiger partial charge in [-0.25, -0.2) is 0 Å². The third kappa shape index (κ3) is 1.70. The SMILES string of the molecule is CC(C)N1CCN(C(C)C)C2(CC2)C1. The van der Waals surface area contributed by atoms with Gasteiger partial charge in [-0.05, 0) is 40.5 Å². The molecule has 0 aromatic carbocycles. The van der Waals surface area contributed by atoms with Crippen LogP contribution in [-0.2, 0) is 0 Å². The molecule has 0 bridgehead atoms. The van der Waals surface area contributed by atoms with Crippen molar-refractivity contribution in [1.82, 2.24) is 9.80 Å². The molecule has 0 N–H and O–H groups in total. The van der Waals surface area contributed by atoms with Crippen LogP contribution in [0.2, 0.25) is 0 Å². The Bertz CT molecular complexity index is 206. The van der Waals surface area contributed by atoms with E-state index in [2.05, 4.69) is 37.5 Å². The monoisotopic (exact) mass is 196 g/mol. The summed E-state index contributed by atoms with van der Waals surface area (Å²) in [6, 6.07) is 1.45. The van der Waals surface area contributed by atoms with E-state index in [4.69, 9.17) is 0 Å². The van der Waals surface area contributed by atoms with Gasteiger partial charge < -0.3 is 0 Å². The summed E-state index contributed by atoms with van der Waals surface area (Å²) in [7, 11) is 0. The number of nitrogens with zero attached hydrogens (tertiary/aromatic N) is 2. The van der Waals surface area contributed by atoms with E-state index in [0.29, 0.717) is 5.54 Å². The van der Waals surface area contributed by atoms with Gasteiger partial charge in [0.05, 0.1) is 0 Å². The molecule has 2 heteroatoms. The molecule has 0 aromatic rings. The second kappa shape index (κ2) is 3.49. The summed E-state index contributed by atoms with van der Waals surface area (Å²) >= 11 is 0. The minimum Gasteiger partial charge on any atom is -0.298 e. The number of hydrogen-bond acceptors (Lipinski definition) is 2. The number of hydrogen-bond donors (Lipinski definition) is 0. The number of piperazine rings is 1. The highest BCUT2D eigenvalue weighted by Gasteiger charge is 2.51. The Hall–Kier alpha value is -0.0800. The van der Waals surface area contributed by atoms with Crippen LogP contribution in [0.3, 0.4) is 0 Å². The van der Waals surface area contributed by atoms with Crippen LogP contribution in [0, 0.1) is 0 Å². The van der Waals surface area contributed by atoms with Crippen molar-refractivity contribution in [2.75, 3.05) is 19.6 Å². The van der Waals surface area contributed by atoms with E-state index < -0.39 is 0 Å². The van der Waals surface area contributed by atoms with Crippen LogP contribution in [0.5, 0.6) is 0 Å². The molecule has 1 saturated carbocycles. The lowest BCUT2D eigenvalue weighted by molar-refractivity contribution is 0.0223. The van der Waals surface area contributed by atoms with E-state index in [0.717, 1.165) is 12.1 Å². The lowest BCUT2D eigenvalue weighted by atomic mass is 10.1. The van der Waals surface area contributed by atoms with Crippen LogP contribution >= 0.6 is 0 Å². The maximum absolute atomic E-state index is 2.73. The molecule has 1 saturated heterocycles. The van der Waals surface area contributed by atoms with Crippen LogP contribution in [0.1, 0.15) is 40.5 Å². The first kappa shape index (κ1) is 10.4. The van der Waals surface area contributed by atoms with Gasteiger partial charge in [-0.3, -0.25) is 9.80 Å². The lowest BCUT2D eigenvalue weighted by Gasteiger charge is -2.45. The Morgan fingerprint density at radius 1 is 0.929 bits per heavy atom. The first-order valence-corrected chi connectivity index (χ1v) is 6.06. The van der Waals surface area contributed by atoms with Gasteiger partial charge in [0.1, 0.15) is 0 Å². The van der Waals surface area contributed by atoms with Gasteiger partial charge in [0.25, 0.3) is 0 Å². The maximum atomic E-state index is 2.73. The van der Waals surface area contributed by atoms with E-state index in [-0.39, 0.29) is 0 Å². The Morgan fingerprint density at radius 3 is 2.00 bits per heavy atom. The Morgan fingerprint density at radius 2 is 1.57 bits per heavy atom. The smallest absolute Gasteiger partial charge is 0.0341 e. The van der Waals surface area contributed by atoms with Crippen molar-refractivity contribution in [3.63, 3.8) is 0 Å². The van der Waals surface area contributed by atoms with E-state index in [9.17, 15) is 0 Å². The molecule has 1 aliphatic heterocycles. The highest BCUT2D eigenvalue weighted by molar-refractivity contribution is 5.09. The quantitative estimate of drug-likeness (QED) is 0.666. The third-order valence-electron chi connectivity index (χ3n) is 3.92. The van der Waals surface area contributed by atoms with Gasteiger partial charge >= 0.3 is 0 Å². The van der Waals surface area contributed by atoms with Crippen LogP contribution in [0.25, 0.3) is 0 Å². The summed E-state index contributed by atoms with van der Waals surface area (Å²) in [6.45, 7) is 13.2. The van der Waals surface area contributed by atoms with E-state index in [1.54, 1.807) is 0 Å². The van der Waals surface area contributed by atoms with Gasteiger partial charge in [0.15, 0.2) is 0 Å². The summed E-state index contributed by atoms with van der Waals surface area (Å²) in [6.07, 6.45) is 2.85. The fourth-order valence-corrected chi connectivity index (χ4v) is 2.86. The molecule has 0 unspecified atom stereocenters. The molecule has 14 heavy (non-hydrogen) atoms.